The fourth-order valence-electron chi connectivity index (χ4n) is 1.71. The Morgan fingerprint density at radius 1 is 1.21 bits per heavy atom. The number of fused-ring (bicyclic) bond motifs is 1. The predicted octanol–water partition coefficient (Wildman–Crippen LogP) is 3.06. The summed E-state index contributed by atoms with van der Waals surface area (Å²) < 4.78 is 0. The van der Waals surface area contributed by atoms with Gasteiger partial charge in [0.15, 0.2) is 0 Å². The van der Waals surface area contributed by atoms with Crippen molar-refractivity contribution in [3.8, 4) is 0 Å². The Balaban J connectivity index is 2.45. The summed E-state index contributed by atoms with van der Waals surface area (Å²) in [4.78, 5) is 0. The molecule has 0 spiro atoms. The zero-order chi connectivity index (χ0) is 10.2. The molecule has 1 N–H and O–H groups in total. The largest absolute Gasteiger partial charge is 0.387 e. The molecule has 0 bridgehead atoms. The summed E-state index contributed by atoms with van der Waals surface area (Å²) >= 11 is 0. The minimum atomic E-state index is 0.246. The number of hydrogen-bond acceptors (Lipinski definition) is 1. The van der Waals surface area contributed by atoms with Crippen LogP contribution in [-0.4, -0.2) is 0 Å². The van der Waals surface area contributed by atoms with Crippen LogP contribution in [0.1, 0.15) is 37.5 Å². The number of hydrogen-bond donors (Lipinski definition) is 1. The molecule has 2 rings (SSSR count). The van der Waals surface area contributed by atoms with Crippen LogP contribution in [0.25, 0.3) is 6.08 Å². The first-order valence-corrected chi connectivity index (χ1v) is 5.11. The molecule has 0 saturated carbocycles. The van der Waals surface area contributed by atoms with E-state index in [1.807, 2.05) is 6.20 Å². The molecule has 1 heteroatoms. The van der Waals surface area contributed by atoms with Crippen molar-refractivity contribution >= 4 is 6.08 Å². The first-order valence-electron chi connectivity index (χ1n) is 5.11. The van der Waals surface area contributed by atoms with Crippen LogP contribution in [0.2, 0.25) is 0 Å². The summed E-state index contributed by atoms with van der Waals surface area (Å²) in [7, 11) is 0. The maximum atomic E-state index is 3.24. The van der Waals surface area contributed by atoms with E-state index in [0.717, 1.165) is 6.54 Å². The Labute approximate surface area is 85.8 Å². The van der Waals surface area contributed by atoms with Gasteiger partial charge >= 0.3 is 0 Å². The van der Waals surface area contributed by atoms with E-state index in [2.05, 4.69) is 50.4 Å². The fraction of sp³-hybridized carbons (Fsp3) is 0.385. The number of benzene rings is 1. The molecule has 0 aliphatic carbocycles. The van der Waals surface area contributed by atoms with Gasteiger partial charge in [-0.2, -0.15) is 0 Å². The third kappa shape index (κ3) is 1.67. The lowest BCUT2D eigenvalue weighted by Crippen LogP contribution is -2.15. The van der Waals surface area contributed by atoms with E-state index >= 15 is 0 Å². The van der Waals surface area contributed by atoms with Crippen molar-refractivity contribution < 1.29 is 0 Å². The minimum Gasteiger partial charge on any atom is -0.387 e. The third-order valence-electron chi connectivity index (χ3n) is 2.68. The molecule has 1 aromatic carbocycles. The molecule has 74 valence electrons. The van der Waals surface area contributed by atoms with Crippen molar-refractivity contribution in [3.63, 3.8) is 0 Å². The van der Waals surface area contributed by atoms with Gasteiger partial charge in [0.05, 0.1) is 0 Å². The molecule has 0 saturated heterocycles. The Hall–Kier alpha value is -1.24. The fourth-order valence-corrected chi connectivity index (χ4v) is 1.71. The van der Waals surface area contributed by atoms with Crippen LogP contribution < -0.4 is 5.32 Å². The van der Waals surface area contributed by atoms with E-state index in [9.17, 15) is 0 Å². The molecule has 1 aliphatic heterocycles. The summed E-state index contributed by atoms with van der Waals surface area (Å²) in [6.07, 6.45) is 4.14. The maximum Gasteiger partial charge on any atom is 0.0401 e. The Kier molecular flexibility index (Phi) is 2.10. The molecule has 0 unspecified atom stereocenters. The van der Waals surface area contributed by atoms with E-state index in [1.54, 1.807) is 0 Å². The predicted molar refractivity (Wildman–Crippen MR) is 61.0 cm³/mol. The Bertz CT molecular complexity index is 369. The second-order valence-corrected chi connectivity index (χ2v) is 4.88. The lowest BCUT2D eigenvalue weighted by molar-refractivity contribution is 0.588. The van der Waals surface area contributed by atoms with Crippen LogP contribution in [0.3, 0.4) is 0 Å². The average Bonchev–Trinajstić information content (AvgIpc) is 2.16. The second kappa shape index (κ2) is 3.16. The van der Waals surface area contributed by atoms with Crippen molar-refractivity contribution in [2.75, 3.05) is 0 Å². The summed E-state index contributed by atoms with van der Waals surface area (Å²) in [5, 5.41) is 3.24. The smallest absolute Gasteiger partial charge is 0.0401 e. The number of rotatable bonds is 0. The van der Waals surface area contributed by atoms with Gasteiger partial charge in [-0.15, -0.1) is 0 Å². The average molecular weight is 187 g/mol. The molecule has 1 aliphatic rings. The molecule has 1 aromatic rings. The van der Waals surface area contributed by atoms with Crippen LogP contribution in [0.4, 0.5) is 0 Å². The first kappa shape index (κ1) is 9.32. The second-order valence-electron chi connectivity index (χ2n) is 4.88. The molecule has 0 aromatic heterocycles. The summed E-state index contributed by atoms with van der Waals surface area (Å²) in [6.45, 7) is 7.71. The van der Waals surface area contributed by atoms with Crippen molar-refractivity contribution in [2.24, 2.45) is 0 Å². The maximum absolute atomic E-state index is 3.24. The molecule has 0 amide bonds. The molecular weight excluding hydrogens is 170 g/mol. The summed E-state index contributed by atoms with van der Waals surface area (Å²) in [5.74, 6) is 0. The Morgan fingerprint density at radius 2 is 2.00 bits per heavy atom. The lowest BCUT2D eigenvalue weighted by Gasteiger charge is -2.22. The molecule has 0 atom stereocenters. The minimum absolute atomic E-state index is 0.246. The number of nitrogens with one attached hydrogen (secondary N) is 1. The quantitative estimate of drug-likeness (QED) is 0.658. The molecule has 0 radical (unpaired) electrons. The SMILES string of the molecule is CC(C)(C)c1ccc2c(c1)CNC=C2. The molecule has 14 heavy (non-hydrogen) atoms. The highest BCUT2D eigenvalue weighted by atomic mass is 14.8. The zero-order valence-corrected chi connectivity index (χ0v) is 9.09. The molecular formula is C13H17N. The molecule has 1 heterocycles. The van der Waals surface area contributed by atoms with Gasteiger partial charge in [-0.25, -0.2) is 0 Å². The Morgan fingerprint density at radius 3 is 2.71 bits per heavy atom. The van der Waals surface area contributed by atoms with E-state index in [1.165, 1.54) is 16.7 Å². The van der Waals surface area contributed by atoms with Gasteiger partial charge in [-0.1, -0.05) is 39.0 Å². The van der Waals surface area contributed by atoms with Crippen molar-refractivity contribution in [1.82, 2.24) is 5.32 Å². The van der Waals surface area contributed by atoms with Crippen molar-refractivity contribution in [1.29, 1.82) is 0 Å². The standard InChI is InChI=1S/C13H17N/c1-13(2,3)12-5-4-10-6-7-14-9-11(10)8-12/h4-8,14H,9H2,1-3H3. The van der Waals surface area contributed by atoms with Crippen LogP contribution >= 0.6 is 0 Å². The van der Waals surface area contributed by atoms with E-state index in [4.69, 9.17) is 0 Å². The zero-order valence-electron chi connectivity index (χ0n) is 9.09. The normalized spacial score (nSPS) is 14.8. The van der Waals surface area contributed by atoms with Crippen LogP contribution in [0.15, 0.2) is 24.4 Å². The molecule has 1 nitrogen and oxygen atoms in total. The lowest BCUT2D eigenvalue weighted by atomic mass is 9.85. The van der Waals surface area contributed by atoms with Crippen LogP contribution in [0.5, 0.6) is 0 Å². The highest BCUT2D eigenvalue weighted by Gasteiger charge is 2.15. The monoisotopic (exact) mass is 187 g/mol. The van der Waals surface area contributed by atoms with Crippen molar-refractivity contribution in [3.05, 3.63) is 41.1 Å². The molecule has 0 fully saturated rings. The van der Waals surface area contributed by atoms with Gasteiger partial charge in [-0.05, 0) is 34.4 Å². The van der Waals surface area contributed by atoms with Gasteiger partial charge in [0.25, 0.3) is 0 Å². The van der Waals surface area contributed by atoms with Gasteiger partial charge in [0.1, 0.15) is 0 Å². The van der Waals surface area contributed by atoms with E-state index < -0.39 is 0 Å². The van der Waals surface area contributed by atoms with Gasteiger partial charge < -0.3 is 5.32 Å². The van der Waals surface area contributed by atoms with Crippen LogP contribution in [0, 0.1) is 0 Å². The van der Waals surface area contributed by atoms with Crippen LogP contribution in [-0.2, 0) is 12.0 Å². The van der Waals surface area contributed by atoms with Gasteiger partial charge in [0.2, 0.25) is 0 Å². The summed E-state index contributed by atoms with van der Waals surface area (Å²) in [6, 6.07) is 6.76. The van der Waals surface area contributed by atoms with Gasteiger partial charge in [-0.3, -0.25) is 0 Å². The third-order valence-corrected chi connectivity index (χ3v) is 2.68. The highest BCUT2D eigenvalue weighted by molar-refractivity contribution is 5.56. The van der Waals surface area contributed by atoms with E-state index in [-0.39, 0.29) is 5.41 Å². The topological polar surface area (TPSA) is 12.0 Å². The van der Waals surface area contributed by atoms with Crippen molar-refractivity contribution in [2.45, 2.75) is 32.7 Å². The highest BCUT2D eigenvalue weighted by Crippen LogP contribution is 2.25. The van der Waals surface area contributed by atoms with E-state index in [0.29, 0.717) is 0 Å². The summed E-state index contributed by atoms with van der Waals surface area (Å²) in [5.41, 5.74) is 4.40. The van der Waals surface area contributed by atoms with Gasteiger partial charge in [0, 0.05) is 6.54 Å². The first-order chi connectivity index (χ1) is 6.57.